The molecule has 0 amide bonds. The van der Waals surface area contributed by atoms with Crippen LogP contribution in [0.1, 0.15) is 16.7 Å². The SMILES string of the molecule is Bc1cc(B)c(-c2c(O)c(B)c3c(c2O)c2c(O)c(B)c(O)c(B)c2n3-c2ccc(-c3ccc4oc5cccc(/C(N=C)=N/C(=N\Cc6ccccc6)c6ccccc6)c5c4c3)cc2)c(B)c1. The molecule has 0 bridgehead atoms. The molecule has 10 rings (SSSR count). The maximum absolute atomic E-state index is 12.4. The molecule has 0 aliphatic rings. The van der Waals surface area contributed by atoms with Crippen molar-refractivity contribution >= 4 is 142 Å². The molecule has 0 spiro atoms. The number of furan rings is 1. The van der Waals surface area contributed by atoms with Gasteiger partial charge in [0, 0.05) is 27.6 Å². The molecule has 4 N–H and O–H groups in total. The van der Waals surface area contributed by atoms with Gasteiger partial charge in [0.15, 0.2) is 11.7 Å². The lowest BCUT2D eigenvalue weighted by atomic mass is 9.72. The summed E-state index contributed by atoms with van der Waals surface area (Å²) in [4.78, 5) is 14.4. The van der Waals surface area contributed by atoms with Gasteiger partial charge < -0.3 is 29.4 Å². The van der Waals surface area contributed by atoms with Crippen LogP contribution < -0.4 is 32.8 Å². The maximum Gasteiger partial charge on any atom is 0.161 e. The number of aromatic nitrogens is 1. The molecule has 15 heteroatoms. The predicted octanol–water partition coefficient (Wildman–Crippen LogP) is 1.48. The Morgan fingerprint density at radius 1 is 0.552 bits per heavy atom. The minimum atomic E-state index is -0.149. The molecule has 318 valence electrons. The normalized spacial score (nSPS) is 12.2. The lowest BCUT2D eigenvalue weighted by molar-refractivity contribution is 0.459. The number of rotatable bonds is 7. The smallest absolute Gasteiger partial charge is 0.161 e. The molecule has 9 nitrogen and oxygen atoms in total. The third-order valence-corrected chi connectivity index (χ3v) is 13.0. The number of phenols is 4. The molecule has 10 aromatic rings. The average molecular weight is 868 g/mol. The van der Waals surface area contributed by atoms with Crippen molar-refractivity contribution in [2.45, 2.75) is 6.54 Å². The van der Waals surface area contributed by atoms with E-state index in [1.54, 1.807) is 15.7 Å². The highest BCUT2D eigenvalue weighted by Crippen LogP contribution is 2.47. The predicted molar refractivity (Wildman–Crippen MR) is 294 cm³/mol. The number of aliphatic imine (C=N–C) groups is 3. The number of hydrogen-bond donors (Lipinski definition) is 4. The number of aromatic hydroxyl groups is 4. The third kappa shape index (κ3) is 7.09. The second-order valence-corrected chi connectivity index (χ2v) is 17.3. The van der Waals surface area contributed by atoms with Crippen molar-refractivity contribution in [3.63, 3.8) is 0 Å². The van der Waals surface area contributed by atoms with E-state index in [0.717, 1.165) is 60.5 Å². The van der Waals surface area contributed by atoms with Gasteiger partial charge in [-0.1, -0.05) is 120 Å². The molecule has 8 aromatic carbocycles. The zero-order chi connectivity index (χ0) is 46.8. The summed E-state index contributed by atoms with van der Waals surface area (Å²) in [6, 6.07) is 43.8. The summed E-state index contributed by atoms with van der Waals surface area (Å²) in [5, 5.41) is 50.1. The fourth-order valence-electron chi connectivity index (χ4n) is 9.85. The fourth-order valence-corrected chi connectivity index (χ4v) is 9.85. The van der Waals surface area contributed by atoms with E-state index in [-0.39, 0.29) is 23.0 Å². The number of amidine groups is 2. The summed E-state index contributed by atoms with van der Waals surface area (Å²) >= 11 is 0. The number of benzene rings is 8. The molecular formula is C52H42B6N4O5. The van der Waals surface area contributed by atoms with Crippen LogP contribution in [0.5, 0.6) is 23.0 Å². The Balaban J connectivity index is 1.11. The first kappa shape index (κ1) is 42.9. The van der Waals surface area contributed by atoms with Crippen LogP contribution in [0, 0.1) is 0 Å². The monoisotopic (exact) mass is 868 g/mol. The maximum atomic E-state index is 12.4. The molecule has 0 fully saturated rings. The Bertz CT molecular complexity index is 3720. The van der Waals surface area contributed by atoms with Gasteiger partial charge in [0.1, 0.15) is 81.2 Å². The van der Waals surface area contributed by atoms with Gasteiger partial charge in [-0.3, -0.25) is 4.99 Å². The van der Waals surface area contributed by atoms with Crippen LogP contribution in [0.4, 0.5) is 0 Å². The van der Waals surface area contributed by atoms with Crippen LogP contribution in [-0.2, 0) is 6.54 Å². The molecule has 0 aliphatic carbocycles. The molecular weight excluding hydrogens is 825 g/mol. The highest BCUT2D eigenvalue weighted by Gasteiger charge is 2.30. The van der Waals surface area contributed by atoms with Crippen molar-refractivity contribution in [2.75, 3.05) is 0 Å². The molecule has 0 saturated carbocycles. The Hall–Kier alpha value is -8.04. The van der Waals surface area contributed by atoms with E-state index >= 15 is 0 Å². The van der Waals surface area contributed by atoms with Crippen LogP contribution in [0.25, 0.3) is 71.7 Å². The standard InChI is InChI=1S/C52H42B6N4O5/c1-59-52(61-51(27-11-6-3-7-12-27)60-24-25-9-4-2-5-10-25)31-13-8-14-36-37(31)32-21-28(17-20-35(32)67-36)26-15-18-30(19-16-26)62-45-39(40-46(62)43(57)50(66)44(58)48(40)64)47(63)41(49(65)42(45)56)38-33(54)22-29(53)23-34(38)55/h2-23,63-66H,1,24,53-58H2/b60-51-,61-52-. The van der Waals surface area contributed by atoms with Gasteiger partial charge in [-0.15, -0.1) is 0 Å². The lowest BCUT2D eigenvalue weighted by Crippen LogP contribution is -2.27. The molecule has 0 unspecified atom stereocenters. The Kier molecular flexibility index (Phi) is 10.7. The van der Waals surface area contributed by atoms with Gasteiger partial charge in [-0.2, -0.15) is 0 Å². The summed E-state index contributed by atoms with van der Waals surface area (Å²) in [5.41, 5.74) is 12.9. The number of fused-ring (bicyclic) bond motifs is 6. The quantitative estimate of drug-likeness (QED) is 0.110. The van der Waals surface area contributed by atoms with Crippen LogP contribution in [0.15, 0.2) is 153 Å². The van der Waals surface area contributed by atoms with Crippen LogP contribution >= 0.6 is 0 Å². The molecule has 2 aromatic heterocycles. The van der Waals surface area contributed by atoms with E-state index in [1.165, 1.54) is 0 Å². The zero-order valence-electron chi connectivity index (χ0n) is 38.1. The van der Waals surface area contributed by atoms with Crippen molar-refractivity contribution in [3.8, 4) is 50.9 Å². The summed E-state index contributed by atoms with van der Waals surface area (Å²) in [6.45, 7) is 4.39. The molecule has 0 saturated heterocycles. The first-order valence-corrected chi connectivity index (χ1v) is 22.1. The summed E-state index contributed by atoms with van der Waals surface area (Å²) in [5.74, 6) is 0.550. The first-order valence-electron chi connectivity index (χ1n) is 22.1. The van der Waals surface area contributed by atoms with Crippen molar-refractivity contribution < 1.29 is 24.8 Å². The Labute approximate surface area is 392 Å². The summed E-state index contributed by atoms with van der Waals surface area (Å²) in [6.07, 6.45) is 0. The van der Waals surface area contributed by atoms with Crippen LogP contribution in [0.3, 0.4) is 0 Å². The van der Waals surface area contributed by atoms with E-state index in [0.29, 0.717) is 78.8 Å². The summed E-state index contributed by atoms with van der Waals surface area (Å²) in [7, 11) is 11.2. The number of nitrogens with zero attached hydrogens (tertiary/aromatic N) is 4. The minimum Gasteiger partial charge on any atom is -0.509 e. The van der Waals surface area contributed by atoms with Crippen LogP contribution in [-0.4, -0.2) is 90.5 Å². The van der Waals surface area contributed by atoms with Crippen molar-refractivity contribution in [1.82, 2.24) is 4.57 Å². The van der Waals surface area contributed by atoms with Crippen LogP contribution in [0.2, 0.25) is 0 Å². The van der Waals surface area contributed by atoms with Gasteiger partial charge in [-0.25, -0.2) is 9.98 Å². The third-order valence-electron chi connectivity index (χ3n) is 13.0. The minimum absolute atomic E-state index is 0.0480. The van der Waals surface area contributed by atoms with Gasteiger partial charge in [0.25, 0.3) is 0 Å². The second kappa shape index (κ2) is 16.7. The van der Waals surface area contributed by atoms with E-state index < -0.39 is 0 Å². The molecule has 67 heavy (non-hydrogen) atoms. The van der Waals surface area contributed by atoms with Gasteiger partial charge in [0.2, 0.25) is 0 Å². The van der Waals surface area contributed by atoms with Crippen molar-refractivity contribution in [1.29, 1.82) is 0 Å². The fraction of sp³-hybridized carbons (Fsp3) is 0.0192. The van der Waals surface area contributed by atoms with E-state index in [1.807, 2.05) is 163 Å². The molecule has 0 aliphatic heterocycles. The number of phenolic OH excluding ortho intramolecular Hbond substituents is 4. The highest BCUT2D eigenvalue weighted by atomic mass is 16.3. The van der Waals surface area contributed by atoms with Gasteiger partial charge in [0.05, 0.1) is 33.9 Å². The Morgan fingerprint density at radius 3 is 1.85 bits per heavy atom. The Morgan fingerprint density at radius 2 is 1.18 bits per heavy atom. The first-order chi connectivity index (χ1) is 32.4. The lowest BCUT2D eigenvalue weighted by Gasteiger charge is -2.19. The number of hydrogen-bond acceptors (Lipinski definition) is 6. The van der Waals surface area contributed by atoms with E-state index in [9.17, 15) is 20.4 Å². The van der Waals surface area contributed by atoms with Crippen molar-refractivity contribution in [3.05, 3.63) is 150 Å². The molecule has 2 heterocycles. The average Bonchev–Trinajstić information content (AvgIpc) is 3.90. The van der Waals surface area contributed by atoms with Gasteiger partial charge in [-0.05, 0) is 75.7 Å². The second-order valence-electron chi connectivity index (χ2n) is 17.3. The zero-order valence-corrected chi connectivity index (χ0v) is 38.1. The summed E-state index contributed by atoms with van der Waals surface area (Å²) < 4.78 is 8.32. The largest absolute Gasteiger partial charge is 0.509 e. The topological polar surface area (TPSA) is 136 Å². The van der Waals surface area contributed by atoms with E-state index in [2.05, 4.69) is 17.8 Å². The van der Waals surface area contributed by atoms with E-state index in [4.69, 9.17) is 14.4 Å². The molecule has 0 atom stereocenters. The molecule has 0 radical (unpaired) electrons. The van der Waals surface area contributed by atoms with Gasteiger partial charge >= 0.3 is 0 Å². The van der Waals surface area contributed by atoms with Crippen molar-refractivity contribution in [2.24, 2.45) is 15.0 Å². The highest BCUT2D eigenvalue weighted by molar-refractivity contribution is 6.52.